The Morgan fingerprint density at radius 2 is 2.31 bits per heavy atom. The molecule has 1 saturated heterocycles. The van der Waals surface area contributed by atoms with Gasteiger partial charge in [-0.2, -0.15) is 0 Å². The predicted molar refractivity (Wildman–Crippen MR) is 44.1 cm³/mol. The molecule has 0 radical (unpaired) electrons. The molecule has 4 nitrogen and oxygen atoms in total. The van der Waals surface area contributed by atoms with Crippen LogP contribution in [0.5, 0.6) is 0 Å². The first-order valence-corrected chi connectivity index (χ1v) is 4.52. The molecule has 1 aliphatic carbocycles. The fraction of sp³-hybridized carbons (Fsp3) is 0.889. The van der Waals surface area contributed by atoms with E-state index < -0.39 is 11.4 Å². The highest BCUT2D eigenvalue weighted by atomic mass is 16.8. The average Bonchev–Trinajstić information content (AvgIpc) is 2.46. The van der Waals surface area contributed by atoms with Crippen LogP contribution in [0, 0.1) is 0 Å². The highest BCUT2D eigenvalue weighted by Gasteiger charge is 2.60. The molecule has 2 atom stereocenters. The monoisotopic (exact) mass is 186 g/mol. The van der Waals surface area contributed by atoms with E-state index in [1.54, 1.807) is 13.8 Å². The van der Waals surface area contributed by atoms with Crippen LogP contribution in [-0.2, 0) is 14.3 Å². The van der Waals surface area contributed by atoms with Gasteiger partial charge in [0.2, 0.25) is 0 Å². The molecule has 1 aliphatic heterocycles. The summed E-state index contributed by atoms with van der Waals surface area (Å²) in [6.45, 7) is 3.24. The summed E-state index contributed by atoms with van der Waals surface area (Å²) in [7, 11) is 0. The van der Waals surface area contributed by atoms with E-state index in [9.17, 15) is 9.90 Å². The largest absolute Gasteiger partial charge is 0.393 e. The Balaban J connectivity index is 2.32. The Labute approximate surface area is 76.8 Å². The van der Waals surface area contributed by atoms with Crippen molar-refractivity contribution in [1.82, 2.24) is 0 Å². The summed E-state index contributed by atoms with van der Waals surface area (Å²) in [5.41, 5.74) is -1.07. The molecule has 13 heavy (non-hydrogen) atoms. The van der Waals surface area contributed by atoms with Gasteiger partial charge in [0.15, 0.2) is 17.2 Å². The summed E-state index contributed by atoms with van der Waals surface area (Å²) in [6, 6.07) is 0. The molecule has 4 heteroatoms. The molecule has 2 fully saturated rings. The number of rotatable bonds is 1. The van der Waals surface area contributed by atoms with Crippen LogP contribution in [0.4, 0.5) is 0 Å². The van der Waals surface area contributed by atoms with Gasteiger partial charge in [-0.3, -0.25) is 4.79 Å². The third kappa shape index (κ3) is 1.13. The molecular weight excluding hydrogens is 172 g/mol. The highest BCUT2D eigenvalue weighted by molar-refractivity contribution is 5.91. The maximum absolute atomic E-state index is 11.5. The quantitative estimate of drug-likeness (QED) is 0.637. The molecule has 0 aromatic carbocycles. The highest BCUT2D eigenvalue weighted by Crippen LogP contribution is 2.43. The molecule has 1 saturated carbocycles. The molecule has 74 valence electrons. The molecule has 2 aliphatic rings. The SMILES string of the molecule is CC1(C)O[C@@H]2CCC(=O)[C@]2(CO)O1. The second kappa shape index (κ2) is 2.53. The lowest BCUT2D eigenvalue weighted by Gasteiger charge is -2.24. The zero-order valence-electron chi connectivity index (χ0n) is 7.87. The number of carbonyl (C=O) groups excluding carboxylic acids is 1. The number of ketones is 1. The van der Waals surface area contributed by atoms with Gasteiger partial charge < -0.3 is 14.6 Å². The smallest absolute Gasteiger partial charge is 0.178 e. The van der Waals surface area contributed by atoms with Crippen molar-refractivity contribution in [2.75, 3.05) is 6.61 Å². The van der Waals surface area contributed by atoms with Crippen molar-refractivity contribution in [2.24, 2.45) is 0 Å². The van der Waals surface area contributed by atoms with E-state index >= 15 is 0 Å². The zero-order valence-corrected chi connectivity index (χ0v) is 7.87. The number of hydrogen-bond donors (Lipinski definition) is 1. The van der Waals surface area contributed by atoms with Gasteiger partial charge in [0, 0.05) is 6.42 Å². The molecule has 0 aromatic heterocycles. The van der Waals surface area contributed by atoms with E-state index in [4.69, 9.17) is 9.47 Å². The number of aliphatic hydroxyl groups excluding tert-OH is 1. The summed E-state index contributed by atoms with van der Waals surface area (Å²) in [6.07, 6.45) is 0.837. The summed E-state index contributed by atoms with van der Waals surface area (Å²) in [4.78, 5) is 11.5. The fourth-order valence-corrected chi connectivity index (χ4v) is 2.19. The van der Waals surface area contributed by atoms with E-state index in [0.29, 0.717) is 12.8 Å². The maximum atomic E-state index is 11.5. The van der Waals surface area contributed by atoms with Gasteiger partial charge >= 0.3 is 0 Å². The van der Waals surface area contributed by atoms with Gasteiger partial charge in [-0.15, -0.1) is 0 Å². The average molecular weight is 186 g/mol. The molecule has 1 heterocycles. The van der Waals surface area contributed by atoms with Gasteiger partial charge in [0.25, 0.3) is 0 Å². The molecule has 0 spiro atoms. The van der Waals surface area contributed by atoms with Crippen LogP contribution in [0.1, 0.15) is 26.7 Å². The summed E-state index contributed by atoms with van der Waals surface area (Å²) in [5, 5.41) is 9.20. The van der Waals surface area contributed by atoms with Crippen molar-refractivity contribution in [3.8, 4) is 0 Å². The van der Waals surface area contributed by atoms with E-state index in [0.717, 1.165) is 0 Å². The lowest BCUT2D eigenvalue weighted by Crippen LogP contribution is -2.46. The Morgan fingerprint density at radius 3 is 2.85 bits per heavy atom. The van der Waals surface area contributed by atoms with Crippen LogP contribution >= 0.6 is 0 Å². The normalized spacial score (nSPS) is 42.4. The van der Waals surface area contributed by atoms with Crippen LogP contribution in [0.3, 0.4) is 0 Å². The second-order valence-corrected chi connectivity index (χ2v) is 4.12. The number of carbonyl (C=O) groups is 1. The van der Waals surface area contributed by atoms with Crippen molar-refractivity contribution in [3.05, 3.63) is 0 Å². The molecule has 0 aromatic rings. The third-order valence-electron chi connectivity index (χ3n) is 2.71. The summed E-state index contributed by atoms with van der Waals surface area (Å²) >= 11 is 0. The van der Waals surface area contributed by atoms with Crippen molar-refractivity contribution in [2.45, 2.75) is 44.2 Å². The maximum Gasteiger partial charge on any atom is 0.178 e. The van der Waals surface area contributed by atoms with Crippen LogP contribution in [0.15, 0.2) is 0 Å². The number of Topliss-reactive ketones (excluding diaryl/α,β-unsaturated/α-hetero) is 1. The minimum atomic E-state index is -1.07. The van der Waals surface area contributed by atoms with Gasteiger partial charge in [0.05, 0.1) is 12.7 Å². The van der Waals surface area contributed by atoms with Crippen molar-refractivity contribution < 1.29 is 19.4 Å². The molecule has 1 N–H and O–H groups in total. The zero-order chi connectivity index (χ0) is 9.69. The first kappa shape index (κ1) is 9.12. The topological polar surface area (TPSA) is 55.8 Å². The van der Waals surface area contributed by atoms with E-state index in [1.165, 1.54) is 0 Å². The van der Waals surface area contributed by atoms with Crippen LogP contribution < -0.4 is 0 Å². The van der Waals surface area contributed by atoms with Crippen molar-refractivity contribution in [1.29, 1.82) is 0 Å². The minimum absolute atomic E-state index is 0.0365. The van der Waals surface area contributed by atoms with E-state index in [-0.39, 0.29) is 18.5 Å². The Bertz CT molecular complexity index is 248. The van der Waals surface area contributed by atoms with Crippen LogP contribution in [-0.4, -0.2) is 35.0 Å². The number of fused-ring (bicyclic) bond motifs is 1. The Morgan fingerprint density at radius 1 is 1.62 bits per heavy atom. The summed E-state index contributed by atoms with van der Waals surface area (Å²) in [5.74, 6) is -0.783. The third-order valence-corrected chi connectivity index (χ3v) is 2.71. The van der Waals surface area contributed by atoms with Crippen molar-refractivity contribution >= 4 is 5.78 Å². The first-order valence-electron chi connectivity index (χ1n) is 4.52. The molecule has 0 amide bonds. The minimum Gasteiger partial charge on any atom is -0.393 e. The standard InChI is InChI=1S/C9H14O4/c1-8(2)12-7-4-3-6(11)9(7,5-10)13-8/h7,10H,3-5H2,1-2H3/t7-,9+/m1/s1. The summed E-state index contributed by atoms with van der Waals surface area (Å²) < 4.78 is 11.0. The number of aliphatic hydroxyl groups is 1. The Kier molecular flexibility index (Phi) is 1.77. The van der Waals surface area contributed by atoms with Crippen LogP contribution in [0.25, 0.3) is 0 Å². The molecular formula is C9H14O4. The number of hydrogen-bond acceptors (Lipinski definition) is 4. The Hall–Kier alpha value is -0.450. The predicted octanol–water partition coefficient (Wildman–Crippen LogP) is 0.232. The van der Waals surface area contributed by atoms with Gasteiger partial charge in [-0.05, 0) is 20.3 Å². The van der Waals surface area contributed by atoms with Gasteiger partial charge in [-0.25, -0.2) is 0 Å². The van der Waals surface area contributed by atoms with E-state index in [1.807, 2.05) is 0 Å². The first-order chi connectivity index (χ1) is 6.00. The lowest BCUT2D eigenvalue weighted by atomic mass is 10.0. The van der Waals surface area contributed by atoms with Crippen molar-refractivity contribution in [3.63, 3.8) is 0 Å². The van der Waals surface area contributed by atoms with E-state index in [2.05, 4.69) is 0 Å². The van der Waals surface area contributed by atoms with Gasteiger partial charge in [0.1, 0.15) is 0 Å². The molecule has 0 unspecified atom stereocenters. The number of ether oxygens (including phenoxy) is 2. The van der Waals surface area contributed by atoms with Crippen LogP contribution in [0.2, 0.25) is 0 Å². The fourth-order valence-electron chi connectivity index (χ4n) is 2.19. The molecule has 0 bridgehead atoms. The molecule has 2 rings (SSSR count). The second-order valence-electron chi connectivity index (χ2n) is 4.12. The lowest BCUT2D eigenvalue weighted by molar-refractivity contribution is -0.180. The van der Waals surface area contributed by atoms with Gasteiger partial charge in [-0.1, -0.05) is 0 Å².